The second-order valence-electron chi connectivity index (χ2n) is 10.7. The number of halogens is 2. The van der Waals surface area contributed by atoms with Crippen LogP contribution in [0.25, 0.3) is 21.5 Å². The largest absolute Gasteiger partial charge is 0.478 e. The SMILES string of the molecule is CCc1cc(C(=O)O)cc2sc(N3C(=O)[C@@H]4C[C@H]3C[C@H]4OCc3c(-c4c(Cl)cccc4Cl)noc3C3CC3)nc12. The normalized spacial score (nSPS) is 22.1. The predicted molar refractivity (Wildman–Crippen MR) is 152 cm³/mol. The number of thiazole rings is 1. The zero-order valence-electron chi connectivity index (χ0n) is 21.5. The second kappa shape index (κ2) is 9.83. The first kappa shape index (κ1) is 26.0. The molecule has 7 rings (SSSR count). The summed E-state index contributed by atoms with van der Waals surface area (Å²) < 4.78 is 13.0. The zero-order chi connectivity index (χ0) is 27.7. The molecular formula is C29H25Cl2N3O5S. The molecule has 3 fully saturated rings. The monoisotopic (exact) mass is 597 g/mol. The minimum absolute atomic E-state index is 0.00100. The van der Waals surface area contributed by atoms with Gasteiger partial charge in [-0.25, -0.2) is 9.78 Å². The average molecular weight is 599 g/mol. The Bertz CT molecular complexity index is 1660. The molecule has 3 heterocycles. The predicted octanol–water partition coefficient (Wildman–Crippen LogP) is 7.11. The number of amides is 1. The van der Waals surface area contributed by atoms with Crippen LogP contribution in [0.2, 0.25) is 10.0 Å². The molecule has 1 N–H and O–H groups in total. The lowest BCUT2D eigenvalue weighted by Gasteiger charge is -2.29. The van der Waals surface area contributed by atoms with Crippen molar-refractivity contribution >= 4 is 61.8 Å². The highest BCUT2D eigenvalue weighted by molar-refractivity contribution is 7.22. The van der Waals surface area contributed by atoms with Crippen molar-refractivity contribution in [1.82, 2.24) is 10.1 Å². The van der Waals surface area contributed by atoms with Gasteiger partial charge >= 0.3 is 5.97 Å². The molecule has 2 bridgehead atoms. The number of piperidine rings is 1. The third-order valence-corrected chi connectivity index (χ3v) is 9.84. The maximum atomic E-state index is 13.6. The molecule has 11 heteroatoms. The highest BCUT2D eigenvalue weighted by Gasteiger charge is 2.53. The van der Waals surface area contributed by atoms with Crippen molar-refractivity contribution in [3.05, 3.63) is 62.8 Å². The van der Waals surface area contributed by atoms with E-state index in [0.717, 1.165) is 39.9 Å². The molecule has 2 saturated carbocycles. The molecule has 0 unspecified atom stereocenters. The van der Waals surface area contributed by atoms with Crippen molar-refractivity contribution in [2.24, 2.45) is 5.92 Å². The lowest BCUT2D eigenvalue weighted by Crippen LogP contribution is -2.43. The lowest BCUT2D eigenvalue weighted by atomic mass is 10.0. The summed E-state index contributed by atoms with van der Waals surface area (Å²) >= 11 is 14.4. The Morgan fingerprint density at radius 1 is 1.23 bits per heavy atom. The van der Waals surface area contributed by atoms with Gasteiger partial charge in [-0.1, -0.05) is 52.7 Å². The van der Waals surface area contributed by atoms with E-state index >= 15 is 0 Å². The number of rotatable bonds is 8. The van der Waals surface area contributed by atoms with Crippen molar-refractivity contribution in [1.29, 1.82) is 0 Å². The van der Waals surface area contributed by atoms with Gasteiger partial charge in [0.25, 0.3) is 0 Å². The van der Waals surface area contributed by atoms with Crippen molar-refractivity contribution in [2.45, 2.75) is 63.7 Å². The number of carboxylic acids is 1. The van der Waals surface area contributed by atoms with Crippen molar-refractivity contribution in [3.63, 3.8) is 0 Å². The quantitative estimate of drug-likeness (QED) is 0.231. The van der Waals surface area contributed by atoms with E-state index < -0.39 is 5.97 Å². The van der Waals surface area contributed by atoms with Gasteiger partial charge in [0, 0.05) is 23.1 Å². The number of carbonyl (C=O) groups is 2. The first-order chi connectivity index (χ1) is 19.3. The van der Waals surface area contributed by atoms with Crippen LogP contribution in [0.3, 0.4) is 0 Å². The van der Waals surface area contributed by atoms with Gasteiger partial charge < -0.3 is 14.4 Å². The van der Waals surface area contributed by atoms with Crippen LogP contribution in [0.4, 0.5) is 5.13 Å². The third-order valence-electron chi connectivity index (χ3n) is 8.20. The molecule has 1 amide bonds. The molecule has 8 nitrogen and oxygen atoms in total. The standard InChI is InChI=1S/C29H25Cl2N3O5S/c1-2-13-8-15(28(36)37)9-22-24(13)32-29(40-22)34-16-10-17(27(34)35)21(11-16)38-12-18-25(33-39-26(18)14-6-7-14)23-19(30)4-3-5-20(23)31/h3-5,8-9,14,16-17,21H,2,6-7,10-12H2,1H3,(H,36,37)/t16-,17+,21+/m0/s1. The number of aromatic carboxylic acids is 1. The van der Waals surface area contributed by atoms with Gasteiger partial charge in [0.05, 0.1) is 44.5 Å². The van der Waals surface area contributed by atoms with E-state index in [-0.39, 0.29) is 36.1 Å². The molecule has 2 aromatic heterocycles. The number of ether oxygens (including phenoxy) is 1. The van der Waals surface area contributed by atoms with Crippen LogP contribution >= 0.6 is 34.5 Å². The summed E-state index contributed by atoms with van der Waals surface area (Å²) in [7, 11) is 0. The third kappa shape index (κ3) is 4.22. The number of hydrogen-bond acceptors (Lipinski definition) is 7. The average Bonchev–Trinajstić information content (AvgIpc) is 3.23. The number of anilines is 1. The van der Waals surface area contributed by atoms with E-state index in [0.29, 0.717) is 51.6 Å². The number of carbonyl (C=O) groups excluding carboxylic acids is 1. The minimum atomic E-state index is -0.972. The summed E-state index contributed by atoms with van der Waals surface area (Å²) in [6.45, 7) is 2.23. The number of carboxylic acid groups (broad SMARTS) is 1. The molecular weight excluding hydrogens is 573 g/mol. The fourth-order valence-electron chi connectivity index (χ4n) is 6.06. The summed E-state index contributed by atoms with van der Waals surface area (Å²) in [4.78, 5) is 31.7. The molecule has 2 aliphatic carbocycles. The Kier molecular flexibility index (Phi) is 6.38. The second-order valence-corrected chi connectivity index (χ2v) is 12.5. The van der Waals surface area contributed by atoms with Crippen LogP contribution < -0.4 is 4.90 Å². The maximum absolute atomic E-state index is 13.6. The number of aromatic nitrogens is 2. The minimum Gasteiger partial charge on any atom is -0.478 e. The Balaban J connectivity index is 1.12. The number of hydrogen-bond donors (Lipinski definition) is 1. The molecule has 3 aliphatic rings. The molecule has 40 heavy (non-hydrogen) atoms. The highest BCUT2D eigenvalue weighted by atomic mass is 35.5. The Labute approximate surface area is 243 Å². The van der Waals surface area contributed by atoms with Gasteiger partial charge in [-0.2, -0.15) is 0 Å². The van der Waals surface area contributed by atoms with Crippen LogP contribution in [-0.2, 0) is 22.6 Å². The first-order valence-corrected chi connectivity index (χ1v) is 15.0. The van der Waals surface area contributed by atoms with E-state index in [4.69, 9.17) is 37.4 Å². The van der Waals surface area contributed by atoms with Crippen LogP contribution in [-0.4, -0.2) is 39.3 Å². The summed E-state index contributed by atoms with van der Waals surface area (Å²) in [6.07, 6.45) is 3.89. The van der Waals surface area contributed by atoms with E-state index in [1.807, 2.05) is 6.92 Å². The van der Waals surface area contributed by atoms with Crippen LogP contribution in [0.5, 0.6) is 0 Å². The van der Waals surface area contributed by atoms with Crippen LogP contribution in [0.15, 0.2) is 34.9 Å². The van der Waals surface area contributed by atoms with Gasteiger partial charge in [-0.3, -0.25) is 9.69 Å². The van der Waals surface area contributed by atoms with Gasteiger partial charge in [0.15, 0.2) is 5.13 Å². The summed E-state index contributed by atoms with van der Waals surface area (Å²) in [5.74, 6) is -0.121. The van der Waals surface area contributed by atoms with E-state index in [2.05, 4.69) is 5.16 Å². The van der Waals surface area contributed by atoms with Gasteiger partial charge in [-0.15, -0.1) is 0 Å². The Hall–Kier alpha value is -2.98. The summed E-state index contributed by atoms with van der Waals surface area (Å²) in [6, 6.07) is 8.63. The molecule has 1 aliphatic heterocycles. The molecule has 206 valence electrons. The molecule has 0 radical (unpaired) electrons. The first-order valence-electron chi connectivity index (χ1n) is 13.4. The van der Waals surface area contributed by atoms with E-state index in [1.165, 1.54) is 11.3 Å². The fourth-order valence-corrected chi connectivity index (χ4v) is 7.77. The van der Waals surface area contributed by atoms with Crippen LogP contribution in [0.1, 0.15) is 65.8 Å². The maximum Gasteiger partial charge on any atom is 0.335 e. The number of benzene rings is 2. The Morgan fingerprint density at radius 2 is 2.00 bits per heavy atom. The van der Waals surface area contributed by atoms with Crippen molar-refractivity contribution < 1.29 is 24.0 Å². The van der Waals surface area contributed by atoms with Crippen LogP contribution in [0, 0.1) is 5.92 Å². The van der Waals surface area contributed by atoms with Gasteiger partial charge in [-0.05, 0) is 61.9 Å². The van der Waals surface area contributed by atoms with Crippen molar-refractivity contribution in [2.75, 3.05) is 4.90 Å². The summed E-state index contributed by atoms with van der Waals surface area (Å²) in [5, 5.41) is 15.4. The van der Waals surface area contributed by atoms with Gasteiger partial charge in [0.1, 0.15) is 11.5 Å². The molecule has 1 saturated heterocycles. The number of fused-ring (bicyclic) bond motifs is 3. The van der Waals surface area contributed by atoms with E-state index in [1.54, 1.807) is 35.2 Å². The zero-order valence-corrected chi connectivity index (χ0v) is 23.9. The molecule has 0 spiro atoms. The lowest BCUT2D eigenvalue weighted by molar-refractivity contribution is -0.126. The van der Waals surface area contributed by atoms with Gasteiger partial charge in [0.2, 0.25) is 5.91 Å². The summed E-state index contributed by atoms with van der Waals surface area (Å²) in [5.41, 5.74) is 3.93. The van der Waals surface area contributed by atoms with E-state index in [9.17, 15) is 14.7 Å². The molecule has 4 aromatic rings. The Morgan fingerprint density at radius 3 is 2.67 bits per heavy atom. The number of nitrogens with zero attached hydrogens (tertiary/aromatic N) is 3. The molecule has 2 aromatic carbocycles. The van der Waals surface area contributed by atoms with Crippen molar-refractivity contribution in [3.8, 4) is 11.3 Å². The molecule has 3 atom stereocenters. The smallest absolute Gasteiger partial charge is 0.335 e. The number of aryl methyl sites for hydroxylation is 1. The highest BCUT2D eigenvalue weighted by Crippen LogP contribution is 2.48. The fraction of sp³-hybridized carbons (Fsp3) is 0.379. The topological polar surface area (TPSA) is 106 Å².